The molecule has 1 aromatic heterocycles. The Bertz CT molecular complexity index is 622. The normalized spacial score (nSPS) is 11.1. The van der Waals surface area contributed by atoms with Gasteiger partial charge in [-0.05, 0) is 57.5 Å². The van der Waals surface area contributed by atoms with E-state index in [0.717, 1.165) is 37.3 Å². The van der Waals surface area contributed by atoms with Gasteiger partial charge in [0.2, 0.25) is 0 Å². The van der Waals surface area contributed by atoms with Crippen LogP contribution < -0.4 is 5.32 Å². The Morgan fingerprint density at radius 3 is 2.76 bits per heavy atom. The Kier molecular flexibility index (Phi) is 5.37. The first kappa shape index (κ1) is 16.0. The molecule has 0 saturated carbocycles. The van der Waals surface area contributed by atoms with Gasteiger partial charge in [0.25, 0.3) is 0 Å². The Balaban J connectivity index is 2.23. The van der Waals surface area contributed by atoms with E-state index in [0.29, 0.717) is 5.69 Å². The van der Waals surface area contributed by atoms with E-state index < -0.39 is 5.82 Å². The molecule has 114 valence electrons. The minimum absolute atomic E-state index is 0.131. The molecule has 0 aliphatic carbocycles. The monoisotopic (exact) mass is 309 g/mol. The van der Waals surface area contributed by atoms with Gasteiger partial charge in [-0.15, -0.1) is 0 Å². The average molecular weight is 310 g/mol. The van der Waals surface area contributed by atoms with Crippen molar-refractivity contribution in [2.45, 2.75) is 33.6 Å². The lowest BCUT2D eigenvalue weighted by Gasteiger charge is -2.07. The maximum atomic E-state index is 13.6. The summed E-state index contributed by atoms with van der Waals surface area (Å²) in [5.41, 5.74) is 4.00. The number of halogens is 2. The van der Waals surface area contributed by atoms with Crippen molar-refractivity contribution in [3.8, 4) is 5.69 Å². The fourth-order valence-electron chi connectivity index (χ4n) is 2.47. The van der Waals surface area contributed by atoms with Crippen molar-refractivity contribution in [3.63, 3.8) is 0 Å². The summed E-state index contributed by atoms with van der Waals surface area (Å²) >= 11 is 5.73. The van der Waals surface area contributed by atoms with Crippen molar-refractivity contribution < 1.29 is 4.39 Å². The van der Waals surface area contributed by atoms with Gasteiger partial charge in [0, 0.05) is 11.8 Å². The van der Waals surface area contributed by atoms with Crippen LogP contribution in [0, 0.1) is 19.7 Å². The fourth-order valence-corrected chi connectivity index (χ4v) is 2.59. The summed E-state index contributed by atoms with van der Waals surface area (Å²) < 4.78 is 15.4. The maximum absolute atomic E-state index is 13.6. The predicted octanol–water partition coefficient (Wildman–Crippen LogP) is 3.82. The maximum Gasteiger partial charge on any atom is 0.143 e. The highest BCUT2D eigenvalue weighted by Crippen LogP contribution is 2.22. The van der Waals surface area contributed by atoms with Crippen LogP contribution in [0.4, 0.5) is 4.39 Å². The molecule has 0 bridgehead atoms. The molecule has 0 aliphatic rings. The van der Waals surface area contributed by atoms with Crippen LogP contribution in [0.15, 0.2) is 18.2 Å². The van der Waals surface area contributed by atoms with E-state index in [1.807, 2.05) is 13.8 Å². The molecule has 1 heterocycles. The van der Waals surface area contributed by atoms with Gasteiger partial charge < -0.3 is 5.32 Å². The summed E-state index contributed by atoms with van der Waals surface area (Å²) in [5, 5.41) is 7.99. The Labute approximate surface area is 130 Å². The number of benzene rings is 1. The molecule has 2 aromatic rings. The van der Waals surface area contributed by atoms with Crippen LogP contribution in [0.1, 0.15) is 30.3 Å². The second-order valence-electron chi connectivity index (χ2n) is 5.12. The van der Waals surface area contributed by atoms with Crippen LogP contribution in [-0.2, 0) is 6.42 Å². The third kappa shape index (κ3) is 3.63. The zero-order chi connectivity index (χ0) is 15.4. The Morgan fingerprint density at radius 1 is 1.33 bits per heavy atom. The first-order valence-corrected chi connectivity index (χ1v) is 7.63. The molecule has 0 atom stereocenters. The molecule has 5 heteroatoms. The minimum atomic E-state index is -0.421. The van der Waals surface area contributed by atoms with E-state index in [-0.39, 0.29) is 5.02 Å². The van der Waals surface area contributed by atoms with Crippen molar-refractivity contribution in [2.24, 2.45) is 0 Å². The van der Waals surface area contributed by atoms with Crippen LogP contribution in [0.2, 0.25) is 5.02 Å². The topological polar surface area (TPSA) is 29.9 Å². The van der Waals surface area contributed by atoms with Crippen molar-refractivity contribution in [1.82, 2.24) is 15.1 Å². The van der Waals surface area contributed by atoms with Gasteiger partial charge in [0.15, 0.2) is 0 Å². The summed E-state index contributed by atoms with van der Waals surface area (Å²) in [6.07, 6.45) is 2.04. The summed E-state index contributed by atoms with van der Waals surface area (Å²) in [6.45, 7) is 8.11. The first-order valence-electron chi connectivity index (χ1n) is 7.25. The number of hydrogen-bond acceptors (Lipinski definition) is 2. The van der Waals surface area contributed by atoms with E-state index >= 15 is 0 Å². The minimum Gasteiger partial charge on any atom is -0.317 e. The van der Waals surface area contributed by atoms with Gasteiger partial charge in [-0.25, -0.2) is 9.07 Å². The smallest absolute Gasteiger partial charge is 0.143 e. The summed E-state index contributed by atoms with van der Waals surface area (Å²) in [7, 11) is 0. The summed E-state index contributed by atoms with van der Waals surface area (Å²) in [6, 6.07) is 4.77. The molecule has 0 radical (unpaired) electrons. The molecule has 0 saturated heterocycles. The van der Waals surface area contributed by atoms with Crippen molar-refractivity contribution >= 4 is 11.6 Å². The van der Waals surface area contributed by atoms with Crippen LogP contribution in [-0.4, -0.2) is 22.9 Å². The molecule has 2 rings (SSSR count). The molecule has 21 heavy (non-hydrogen) atoms. The molecule has 0 spiro atoms. The molecule has 1 N–H and O–H groups in total. The van der Waals surface area contributed by atoms with Crippen molar-refractivity contribution in [1.29, 1.82) is 0 Å². The van der Waals surface area contributed by atoms with Crippen molar-refractivity contribution in [2.75, 3.05) is 13.1 Å². The molecule has 0 amide bonds. The fraction of sp³-hybridized carbons (Fsp3) is 0.438. The SMILES string of the molecule is CCNCCCc1c(C)nn(-c2ccc(Cl)c(F)c2)c1C. The highest BCUT2D eigenvalue weighted by atomic mass is 35.5. The van der Waals surface area contributed by atoms with E-state index in [1.54, 1.807) is 16.8 Å². The molecule has 1 aromatic carbocycles. The van der Waals surface area contributed by atoms with Gasteiger partial charge in [0.1, 0.15) is 5.82 Å². The standard InChI is InChI=1S/C16H21ClFN3/c1-4-19-9-5-6-14-11(2)20-21(12(14)3)13-7-8-15(17)16(18)10-13/h7-8,10,19H,4-6,9H2,1-3H3. The first-order chi connectivity index (χ1) is 10.0. The number of rotatable bonds is 6. The van der Waals surface area contributed by atoms with E-state index in [9.17, 15) is 4.39 Å². The molecule has 0 aliphatic heterocycles. The van der Waals surface area contributed by atoms with Crippen molar-refractivity contribution in [3.05, 3.63) is 46.0 Å². The second kappa shape index (κ2) is 7.05. The Hall–Kier alpha value is -1.39. The number of nitrogens with zero attached hydrogens (tertiary/aromatic N) is 2. The van der Waals surface area contributed by atoms with E-state index in [4.69, 9.17) is 11.6 Å². The van der Waals surface area contributed by atoms with E-state index in [1.165, 1.54) is 11.6 Å². The highest BCUT2D eigenvalue weighted by molar-refractivity contribution is 6.30. The Morgan fingerprint density at radius 2 is 2.10 bits per heavy atom. The van der Waals surface area contributed by atoms with Crippen LogP contribution in [0.5, 0.6) is 0 Å². The summed E-state index contributed by atoms with van der Waals surface area (Å²) in [4.78, 5) is 0. The van der Waals surface area contributed by atoms with Gasteiger partial charge in [-0.2, -0.15) is 5.10 Å². The predicted molar refractivity (Wildman–Crippen MR) is 84.9 cm³/mol. The zero-order valence-corrected chi connectivity index (χ0v) is 13.5. The van der Waals surface area contributed by atoms with Crippen LogP contribution in [0.3, 0.4) is 0 Å². The lowest BCUT2D eigenvalue weighted by molar-refractivity contribution is 0.625. The zero-order valence-electron chi connectivity index (χ0n) is 12.7. The van der Waals surface area contributed by atoms with E-state index in [2.05, 4.69) is 17.3 Å². The lowest BCUT2D eigenvalue weighted by Crippen LogP contribution is -2.14. The third-order valence-electron chi connectivity index (χ3n) is 3.62. The van der Waals surface area contributed by atoms with Crippen LogP contribution in [0.25, 0.3) is 5.69 Å². The molecule has 0 unspecified atom stereocenters. The highest BCUT2D eigenvalue weighted by Gasteiger charge is 2.13. The lowest BCUT2D eigenvalue weighted by atomic mass is 10.1. The van der Waals surface area contributed by atoms with Gasteiger partial charge >= 0.3 is 0 Å². The number of aromatic nitrogens is 2. The number of nitrogens with one attached hydrogen (secondary N) is 1. The van der Waals surface area contributed by atoms with Gasteiger partial charge in [-0.1, -0.05) is 18.5 Å². The third-order valence-corrected chi connectivity index (χ3v) is 3.93. The molecular weight excluding hydrogens is 289 g/mol. The van der Waals surface area contributed by atoms with Gasteiger partial charge in [-0.3, -0.25) is 0 Å². The number of aryl methyl sites for hydroxylation is 1. The summed E-state index contributed by atoms with van der Waals surface area (Å²) in [5.74, 6) is -0.421. The molecule has 3 nitrogen and oxygen atoms in total. The average Bonchev–Trinajstić information content (AvgIpc) is 2.74. The molecule has 0 fully saturated rings. The van der Waals surface area contributed by atoms with Crippen LogP contribution >= 0.6 is 11.6 Å². The number of hydrogen-bond donors (Lipinski definition) is 1. The van der Waals surface area contributed by atoms with Gasteiger partial charge in [0.05, 0.1) is 16.4 Å². The largest absolute Gasteiger partial charge is 0.317 e. The quantitative estimate of drug-likeness (QED) is 0.822. The second-order valence-corrected chi connectivity index (χ2v) is 5.52. The molecular formula is C16H21ClFN3.